The molecule has 0 atom stereocenters. The van der Waals surface area contributed by atoms with Crippen molar-refractivity contribution in [1.82, 2.24) is 0 Å². The number of ether oxygens (including phenoxy) is 3. The van der Waals surface area contributed by atoms with Gasteiger partial charge in [-0.2, -0.15) is 0 Å². The number of nitrogen functional groups attached to an aromatic ring is 1. The van der Waals surface area contributed by atoms with Crippen LogP contribution in [0.3, 0.4) is 0 Å². The second kappa shape index (κ2) is 5.85. The maximum Gasteiger partial charge on any atom is 0.161 e. The zero-order valence-corrected chi connectivity index (χ0v) is 12.5. The first kappa shape index (κ1) is 14.1. The van der Waals surface area contributed by atoms with Crippen LogP contribution in [0.2, 0.25) is 0 Å². The molecule has 0 bridgehead atoms. The normalized spacial score (nSPS) is 10.5. The Balaban J connectivity index is 2.07. The Hall–Kier alpha value is -2.88. The van der Waals surface area contributed by atoms with Crippen LogP contribution in [0.25, 0.3) is 10.8 Å². The van der Waals surface area contributed by atoms with E-state index in [1.165, 1.54) is 0 Å². The van der Waals surface area contributed by atoms with Crippen LogP contribution in [0, 0.1) is 0 Å². The molecule has 0 saturated carbocycles. The predicted molar refractivity (Wildman–Crippen MR) is 88.0 cm³/mol. The molecule has 0 unspecified atom stereocenters. The third-order valence-electron chi connectivity index (χ3n) is 3.45. The van der Waals surface area contributed by atoms with Crippen molar-refractivity contribution in [3.8, 4) is 23.0 Å². The highest BCUT2D eigenvalue weighted by molar-refractivity contribution is 5.91. The van der Waals surface area contributed by atoms with Crippen molar-refractivity contribution in [2.24, 2.45) is 0 Å². The summed E-state index contributed by atoms with van der Waals surface area (Å²) in [5, 5.41) is 1.97. The van der Waals surface area contributed by atoms with E-state index in [1.807, 2.05) is 54.6 Å². The highest BCUT2D eigenvalue weighted by atomic mass is 16.5. The van der Waals surface area contributed by atoms with Gasteiger partial charge in [-0.25, -0.2) is 0 Å². The van der Waals surface area contributed by atoms with Crippen molar-refractivity contribution in [3.63, 3.8) is 0 Å². The molecule has 0 heterocycles. The van der Waals surface area contributed by atoms with Crippen molar-refractivity contribution in [1.29, 1.82) is 0 Å². The van der Waals surface area contributed by atoms with Gasteiger partial charge in [-0.15, -0.1) is 0 Å². The van der Waals surface area contributed by atoms with Crippen LogP contribution < -0.4 is 19.9 Å². The van der Waals surface area contributed by atoms with Gasteiger partial charge in [-0.1, -0.05) is 12.1 Å². The van der Waals surface area contributed by atoms with Crippen molar-refractivity contribution in [2.75, 3.05) is 20.0 Å². The number of hydrogen-bond acceptors (Lipinski definition) is 4. The van der Waals surface area contributed by atoms with Gasteiger partial charge >= 0.3 is 0 Å². The van der Waals surface area contributed by atoms with Crippen LogP contribution >= 0.6 is 0 Å². The van der Waals surface area contributed by atoms with Crippen LogP contribution in [0.5, 0.6) is 23.0 Å². The second-order valence-electron chi connectivity index (χ2n) is 4.86. The molecular weight excluding hydrogens is 278 g/mol. The molecule has 3 aromatic rings. The van der Waals surface area contributed by atoms with Crippen LogP contribution in [0.4, 0.5) is 5.69 Å². The van der Waals surface area contributed by atoms with E-state index in [0.717, 1.165) is 22.3 Å². The lowest BCUT2D eigenvalue weighted by Gasteiger charge is -2.13. The molecular formula is C18H17NO3. The minimum Gasteiger partial charge on any atom is -0.493 e. The van der Waals surface area contributed by atoms with E-state index in [-0.39, 0.29) is 0 Å². The van der Waals surface area contributed by atoms with Crippen molar-refractivity contribution in [3.05, 3.63) is 54.6 Å². The van der Waals surface area contributed by atoms with Crippen LogP contribution in [-0.4, -0.2) is 14.2 Å². The average Bonchev–Trinajstić information content (AvgIpc) is 2.56. The number of fused-ring (bicyclic) bond motifs is 1. The summed E-state index contributed by atoms with van der Waals surface area (Å²) in [7, 11) is 3.24. The molecule has 112 valence electrons. The Morgan fingerprint density at radius 2 is 1.45 bits per heavy atom. The van der Waals surface area contributed by atoms with Gasteiger partial charge in [-0.05, 0) is 47.9 Å². The first-order valence-corrected chi connectivity index (χ1v) is 6.89. The van der Waals surface area contributed by atoms with Crippen LogP contribution in [0.1, 0.15) is 0 Å². The molecule has 0 spiro atoms. The first-order valence-electron chi connectivity index (χ1n) is 6.89. The van der Waals surface area contributed by atoms with E-state index in [1.54, 1.807) is 14.2 Å². The molecule has 22 heavy (non-hydrogen) atoms. The van der Waals surface area contributed by atoms with E-state index < -0.39 is 0 Å². The van der Waals surface area contributed by atoms with E-state index in [2.05, 4.69) is 0 Å². The summed E-state index contributed by atoms with van der Waals surface area (Å²) in [4.78, 5) is 0. The summed E-state index contributed by atoms with van der Waals surface area (Å²) >= 11 is 0. The zero-order valence-electron chi connectivity index (χ0n) is 12.5. The fourth-order valence-corrected chi connectivity index (χ4v) is 2.33. The molecule has 0 aliphatic heterocycles. The van der Waals surface area contributed by atoms with Gasteiger partial charge < -0.3 is 19.9 Å². The molecule has 0 saturated heterocycles. The summed E-state index contributed by atoms with van der Waals surface area (Å²) in [6.45, 7) is 0. The minimum absolute atomic E-state index is 0.670. The highest BCUT2D eigenvalue weighted by Crippen LogP contribution is 2.37. The molecule has 0 radical (unpaired) electrons. The lowest BCUT2D eigenvalue weighted by atomic mass is 10.1. The Morgan fingerprint density at radius 1 is 0.773 bits per heavy atom. The molecule has 0 aliphatic carbocycles. The molecule has 0 fully saturated rings. The van der Waals surface area contributed by atoms with E-state index in [9.17, 15) is 0 Å². The third kappa shape index (κ3) is 2.63. The number of anilines is 1. The summed E-state index contributed by atoms with van der Waals surface area (Å²) < 4.78 is 16.7. The number of benzene rings is 3. The van der Waals surface area contributed by atoms with Crippen molar-refractivity contribution >= 4 is 16.5 Å². The second-order valence-corrected chi connectivity index (χ2v) is 4.86. The summed E-state index contributed by atoms with van der Waals surface area (Å²) in [5.41, 5.74) is 6.40. The third-order valence-corrected chi connectivity index (χ3v) is 3.45. The van der Waals surface area contributed by atoms with Gasteiger partial charge in [-0.3, -0.25) is 0 Å². The molecule has 4 heteroatoms. The van der Waals surface area contributed by atoms with Crippen LogP contribution in [-0.2, 0) is 0 Å². The van der Waals surface area contributed by atoms with Crippen molar-refractivity contribution in [2.45, 2.75) is 0 Å². The molecule has 3 aromatic carbocycles. The number of methoxy groups -OCH3 is 2. The lowest BCUT2D eigenvalue weighted by Crippen LogP contribution is -1.92. The van der Waals surface area contributed by atoms with Gasteiger partial charge in [0, 0.05) is 11.1 Å². The largest absolute Gasteiger partial charge is 0.493 e. The predicted octanol–water partition coefficient (Wildman–Crippen LogP) is 4.23. The maximum atomic E-state index is 5.97. The molecule has 3 rings (SSSR count). The van der Waals surface area contributed by atoms with Gasteiger partial charge in [0.1, 0.15) is 11.5 Å². The van der Waals surface area contributed by atoms with E-state index in [4.69, 9.17) is 19.9 Å². The topological polar surface area (TPSA) is 53.7 Å². The Morgan fingerprint density at radius 3 is 2.14 bits per heavy atom. The minimum atomic E-state index is 0.670. The monoisotopic (exact) mass is 295 g/mol. The summed E-state index contributed by atoms with van der Waals surface area (Å²) in [6.07, 6.45) is 0. The van der Waals surface area contributed by atoms with E-state index >= 15 is 0 Å². The SMILES string of the molecule is COc1cc2cccc(Oc3ccc(N)cc3)c2cc1OC. The summed E-state index contributed by atoms with van der Waals surface area (Å²) in [6, 6.07) is 17.0. The lowest BCUT2D eigenvalue weighted by molar-refractivity contribution is 0.355. The molecule has 4 nitrogen and oxygen atoms in total. The number of hydrogen-bond donors (Lipinski definition) is 1. The quantitative estimate of drug-likeness (QED) is 0.732. The Labute approximate surface area is 129 Å². The van der Waals surface area contributed by atoms with Crippen LogP contribution in [0.15, 0.2) is 54.6 Å². The highest BCUT2D eigenvalue weighted by Gasteiger charge is 2.10. The number of rotatable bonds is 4. The fourth-order valence-electron chi connectivity index (χ4n) is 2.33. The molecule has 2 N–H and O–H groups in total. The fraction of sp³-hybridized carbons (Fsp3) is 0.111. The van der Waals surface area contributed by atoms with Gasteiger partial charge in [0.2, 0.25) is 0 Å². The van der Waals surface area contributed by atoms with Gasteiger partial charge in [0.05, 0.1) is 14.2 Å². The zero-order chi connectivity index (χ0) is 15.5. The average molecular weight is 295 g/mol. The molecule has 0 aliphatic rings. The number of nitrogens with two attached hydrogens (primary N) is 1. The molecule has 0 amide bonds. The molecule has 0 aromatic heterocycles. The summed E-state index contributed by atoms with van der Waals surface area (Å²) in [5.74, 6) is 2.85. The first-order chi connectivity index (χ1) is 10.7. The maximum absolute atomic E-state index is 5.97. The van der Waals surface area contributed by atoms with Gasteiger partial charge in [0.25, 0.3) is 0 Å². The van der Waals surface area contributed by atoms with Crippen molar-refractivity contribution < 1.29 is 14.2 Å². The Bertz CT molecular complexity index is 797. The smallest absolute Gasteiger partial charge is 0.161 e. The van der Waals surface area contributed by atoms with E-state index in [0.29, 0.717) is 17.2 Å². The van der Waals surface area contributed by atoms with Gasteiger partial charge in [0.15, 0.2) is 11.5 Å². The standard InChI is InChI=1S/C18H17NO3/c1-20-17-10-12-4-3-5-16(15(12)11-18(17)21-2)22-14-8-6-13(19)7-9-14/h3-11H,19H2,1-2H3. The Kier molecular flexibility index (Phi) is 3.74.